The summed E-state index contributed by atoms with van der Waals surface area (Å²) in [4.78, 5) is 2.60. The predicted molar refractivity (Wildman–Crippen MR) is 57.2 cm³/mol. The number of hydrogen-bond acceptors (Lipinski definition) is 3. The summed E-state index contributed by atoms with van der Waals surface area (Å²) < 4.78 is 5.53. The second-order valence-electron chi connectivity index (χ2n) is 4.77. The second-order valence-corrected chi connectivity index (χ2v) is 4.77. The van der Waals surface area contributed by atoms with Crippen LogP contribution in [0.25, 0.3) is 0 Å². The van der Waals surface area contributed by atoms with E-state index in [1.807, 2.05) is 0 Å². The zero-order chi connectivity index (χ0) is 10.0. The van der Waals surface area contributed by atoms with Crippen LogP contribution in [0.4, 0.5) is 0 Å². The number of rotatable bonds is 2. The molecule has 3 nitrogen and oxygen atoms in total. The Bertz CT molecular complexity index is 190. The van der Waals surface area contributed by atoms with E-state index in [2.05, 4.69) is 11.8 Å². The maximum Gasteiger partial charge on any atom is 0.0663 e. The summed E-state index contributed by atoms with van der Waals surface area (Å²) in [7, 11) is 0. The van der Waals surface area contributed by atoms with Gasteiger partial charge in [-0.2, -0.15) is 0 Å². The lowest BCUT2D eigenvalue weighted by Crippen LogP contribution is -2.59. The lowest BCUT2D eigenvalue weighted by Gasteiger charge is -2.45. The van der Waals surface area contributed by atoms with E-state index in [-0.39, 0.29) is 5.54 Å². The molecule has 0 saturated carbocycles. The fraction of sp³-hybridized carbons (Fsp3) is 1.00. The zero-order valence-electron chi connectivity index (χ0n) is 9.17. The Labute approximate surface area is 86.6 Å². The summed E-state index contributed by atoms with van der Waals surface area (Å²) in [5.41, 5.74) is 6.11. The molecule has 0 spiro atoms. The van der Waals surface area contributed by atoms with E-state index in [9.17, 15) is 0 Å². The van der Waals surface area contributed by atoms with E-state index in [0.717, 1.165) is 26.2 Å². The van der Waals surface area contributed by atoms with Gasteiger partial charge in [-0.15, -0.1) is 0 Å². The molecule has 82 valence electrons. The molecule has 0 bridgehead atoms. The number of likely N-dealkylation sites (tertiary alicyclic amines) is 1. The summed E-state index contributed by atoms with van der Waals surface area (Å²) in [5, 5.41) is 0. The Morgan fingerprint density at radius 3 is 2.93 bits per heavy atom. The van der Waals surface area contributed by atoms with E-state index in [4.69, 9.17) is 10.5 Å². The van der Waals surface area contributed by atoms with Gasteiger partial charge in [0.15, 0.2) is 0 Å². The smallest absolute Gasteiger partial charge is 0.0663 e. The van der Waals surface area contributed by atoms with Crippen LogP contribution >= 0.6 is 0 Å². The summed E-state index contributed by atoms with van der Waals surface area (Å²) in [5.74, 6) is 0. The molecule has 2 aliphatic heterocycles. The molecule has 0 radical (unpaired) electrons. The predicted octanol–water partition coefficient (Wildman–Crippen LogP) is 0.979. The van der Waals surface area contributed by atoms with Crippen LogP contribution in [0.15, 0.2) is 0 Å². The van der Waals surface area contributed by atoms with Crippen LogP contribution in [0, 0.1) is 0 Å². The molecule has 2 rings (SSSR count). The van der Waals surface area contributed by atoms with E-state index in [0.29, 0.717) is 6.04 Å². The first kappa shape index (κ1) is 10.4. The minimum atomic E-state index is 0.167. The maximum absolute atomic E-state index is 5.94. The summed E-state index contributed by atoms with van der Waals surface area (Å²) in [6.07, 6.45) is 5.14. The van der Waals surface area contributed by atoms with Crippen molar-refractivity contribution in [2.75, 3.05) is 26.3 Å². The van der Waals surface area contributed by atoms with Crippen LogP contribution in [-0.2, 0) is 4.74 Å². The van der Waals surface area contributed by atoms with Gasteiger partial charge in [-0.1, -0.05) is 6.42 Å². The molecular formula is C11H22N2O. The minimum Gasteiger partial charge on any atom is -0.379 e. The van der Waals surface area contributed by atoms with Gasteiger partial charge in [0.1, 0.15) is 0 Å². The normalized spacial score (nSPS) is 40.3. The molecule has 2 atom stereocenters. The monoisotopic (exact) mass is 198 g/mol. The molecule has 14 heavy (non-hydrogen) atoms. The van der Waals surface area contributed by atoms with Gasteiger partial charge in [-0.25, -0.2) is 0 Å². The van der Waals surface area contributed by atoms with Crippen LogP contribution in [0.1, 0.15) is 32.6 Å². The van der Waals surface area contributed by atoms with E-state index >= 15 is 0 Å². The Morgan fingerprint density at radius 2 is 2.36 bits per heavy atom. The van der Waals surface area contributed by atoms with Crippen molar-refractivity contribution in [2.45, 2.75) is 44.2 Å². The standard InChI is InChI=1S/C11H22N2O/c1-10-4-2-3-6-13(10)11(8-12)5-7-14-9-11/h10H,2-9,12H2,1H3. The molecule has 2 N–H and O–H groups in total. The molecule has 0 aromatic carbocycles. The van der Waals surface area contributed by atoms with Crippen LogP contribution in [0.5, 0.6) is 0 Å². The van der Waals surface area contributed by atoms with E-state index in [1.54, 1.807) is 0 Å². The lowest BCUT2D eigenvalue weighted by molar-refractivity contribution is 0.0205. The first-order chi connectivity index (χ1) is 6.78. The number of hydrogen-bond donors (Lipinski definition) is 1. The number of piperidine rings is 1. The van der Waals surface area contributed by atoms with Gasteiger partial charge >= 0.3 is 0 Å². The minimum absolute atomic E-state index is 0.167. The van der Waals surface area contributed by atoms with Gasteiger partial charge < -0.3 is 10.5 Å². The van der Waals surface area contributed by atoms with Gasteiger partial charge in [0.2, 0.25) is 0 Å². The molecule has 3 heteroatoms. The van der Waals surface area contributed by atoms with Crippen molar-refractivity contribution in [3.05, 3.63) is 0 Å². The SMILES string of the molecule is CC1CCCCN1C1(CN)CCOC1. The fourth-order valence-corrected chi connectivity index (χ4v) is 2.90. The van der Waals surface area contributed by atoms with Crippen molar-refractivity contribution < 1.29 is 4.74 Å². The number of ether oxygens (including phenoxy) is 1. The molecule has 0 aromatic heterocycles. The van der Waals surface area contributed by atoms with Crippen molar-refractivity contribution in [3.63, 3.8) is 0 Å². The van der Waals surface area contributed by atoms with Gasteiger partial charge in [-0.05, 0) is 32.7 Å². The van der Waals surface area contributed by atoms with Crippen molar-refractivity contribution in [2.24, 2.45) is 5.73 Å². The molecule has 2 fully saturated rings. The largest absolute Gasteiger partial charge is 0.379 e. The molecule has 2 aliphatic rings. The van der Waals surface area contributed by atoms with Gasteiger partial charge in [0.25, 0.3) is 0 Å². The average Bonchev–Trinajstić information content (AvgIpc) is 2.68. The summed E-state index contributed by atoms with van der Waals surface area (Å²) >= 11 is 0. The lowest BCUT2D eigenvalue weighted by atomic mass is 9.90. The summed E-state index contributed by atoms with van der Waals surface area (Å²) in [6.45, 7) is 6.02. The van der Waals surface area contributed by atoms with Crippen LogP contribution in [-0.4, -0.2) is 42.8 Å². The van der Waals surface area contributed by atoms with Crippen molar-refractivity contribution in [1.29, 1.82) is 0 Å². The third-order valence-electron chi connectivity index (χ3n) is 3.87. The third-order valence-corrected chi connectivity index (χ3v) is 3.87. The van der Waals surface area contributed by atoms with Crippen LogP contribution in [0.3, 0.4) is 0 Å². The molecule has 0 amide bonds. The maximum atomic E-state index is 5.94. The highest BCUT2D eigenvalue weighted by Crippen LogP contribution is 2.31. The van der Waals surface area contributed by atoms with Crippen molar-refractivity contribution in [1.82, 2.24) is 4.90 Å². The van der Waals surface area contributed by atoms with E-state index in [1.165, 1.54) is 25.8 Å². The topological polar surface area (TPSA) is 38.5 Å². The highest BCUT2D eigenvalue weighted by Gasteiger charge is 2.42. The van der Waals surface area contributed by atoms with Crippen LogP contribution < -0.4 is 5.73 Å². The van der Waals surface area contributed by atoms with Gasteiger partial charge in [0.05, 0.1) is 12.1 Å². The van der Waals surface area contributed by atoms with Crippen molar-refractivity contribution >= 4 is 0 Å². The molecule has 2 heterocycles. The van der Waals surface area contributed by atoms with Crippen molar-refractivity contribution in [3.8, 4) is 0 Å². The third kappa shape index (κ3) is 1.69. The first-order valence-electron chi connectivity index (χ1n) is 5.83. The Hall–Kier alpha value is -0.120. The number of nitrogens with zero attached hydrogens (tertiary/aromatic N) is 1. The molecule has 0 aromatic rings. The Morgan fingerprint density at radius 1 is 1.50 bits per heavy atom. The fourth-order valence-electron chi connectivity index (χ4n) is 2.90. The number of nitrogens with two attached hydrogens (primary N) is 1. The van der Waals surface area contributed by atoms with Gasteiger partial charge in [0, 0.05) is 19.2 Å². The first-order valence-corrected chi connectivity index (χ1v) is 5.83. The Kier molecular flexibility index (Phi) is 3.10. The highest BCUT2D eigenvalue weighted by molar-refractivity contribution is 4.98. The Balaban J connectivity index is 2.09. The summed E-state index contributed by atoms with van der Waals surface area (Å²) in [6, 6.07) is 0.689. The molecule has 0 aliphatic carbocycles. The average molecular weight is 198 g/mol. The quantitative estimate of drug-likeness (QED) is 0.719. The van der Waals surface area contributed by atoms with E-state index < -0.39 is 0 Å². The molecular weight excluding hydrogens is 176 g/mol. The zero-order valence-corrected chi connectivity index (χ0v) is 9.17. The molecule has 2 saturated heterocycles. The second kappa shape index (κ2) is 4.17. The highest BCUT2D eigenvalue weighted by atomic mass is 16.5. The molecule has 2 unspecified atom stereocenters. The van der Waals surface area contributed by atoms with Gasteiger partial charge in [-0.3, -0.25) is 4.90 Å². The van der Waals surface area contributed by atoms with Crippen LogP contribution in [0.2, 0.25) is 0 Å².